The van der Waals surface area contributed by atoms with Crippen LogP contribution in [-0.4, -0.2) is 62.3 Å². The van der Waals surface area contributed by atoms with Crippen LogP contribution in [0.25, 0.3) is 0 Å². The fourth-order valence-electron chi connectivity index (χ4n) is 3.22. The van der Waals surface area contributed by atoms with Gasteiger partial charge in [-0.3, -0.25) is 9.89 Å². The van der Waals surface area contributed by atoms with E-state index in [1.165, 1.54) is 9.75 Å². The first kappa shape index (κ1) is 24.3. The zero-order valence-corrected chi connectivity index (χ0v) is 20.8. The Hall–Kier alpha value is -0.940. The van der Waals surface area contributed by atoms with Crippen molar-refractivity contribution in [1.29, 1.82) is 0 Å². The van der Waals surface area contributed by atoms with Gasteiger partial charge < -0.3 is 15.4 Å². The van der Waals surface area contributed by atoms with E-state index >= 15 is 0 Å². The van der Waals surface area contributed by atoms with E-state index in [0.29, 0.717) is 11.2 Å². The van der Waals surface area contributed by atoms with Crippen molar-refractivity contribution in [2.45, 2.75) is 19.4 Å². The molecule has 9 heteroatoms. The van der Waals surface area contributed by atoms with Crippen LogP contribution in [0.3, 0.4) is 0 Å². The number of aliphatic imine (C=N–C) groups is 1. The first-order chi connectivity index (χ1) is 13.7. The van der Waals surface area contributed by atoms with Crippen LogP contribution in [0.2, 0.25) is 5.15 Å². The molecule has 6 nitrogen and oxygen atoms in total. The highest BCUT2D eigenvalue weighted by atomic mass is 127. The number of nitrogens with one attached hydrogen (secondary N) is 2. The topological polar surface area (TPSA) is 61.8 Å². The lowest BCUT2D eigenvalue weighted by atomic mass is 10.2. The molecule has 2 N–H and O–H groups in total. The summed E-state index contributed by atoms with van der Waals surface area (Å²) in [5.41, 5.74) is 1.15. The molecule has 0 saturated carbocycles. The molecule has 3 rings (SSSR count). The van der Waals surface area contributed by atoms with E-state index in [1.54, 1.807) is 7.05 Å². The molecule has 2 aromatic heterocycles. The van der Waals surface area contributed by atoms with Crippen LogP contribution < -0.4 is 10.6 Å². The van der Waals surface area contributed by atoms with Gasteiger partial charge in [0.2, 0.25) is 0 Å². The lowest BCUT2D eigenvalue weighted by Crippen LogP contribution is -2.46. The molecule has 0 amide bonds. The standard InChI is InChI=1S/C20H28ClN5OS.HI/c1-15-3-5-18(28-15)17(26-9-11-27-12-10-26)14-25-20(22-2)23-8-7-16-4-6-19(21)24-13-16;/h3-6,13,17H,7-12,14H2,1-2H3,(H2,22,23,25);1H. The van der Waals surface area contributed by atoms with E-state index in [2.05, 4.69) is 44.6 Å². The largest absolute Gasteiger partial charge is 0.379 e. The van der Waals surface area contributed by atoms with Gasteiger partial charge in [-0.25, -0.2) is 4.98 Å². The van der Waals surface area contributed by atoms with Crippen molar-refractivity contribution in [3.63, 3.8) is 0 Å². The first-order valence-electron chi connectivity index (χ1n) is 9.59. The number of aromatic nitrogens is 1. The van der Waals surface area contributed by atoms with Gasteiger partial charge in [-0.15, -0.1) is 35.3 Å². The molecule has 1 saturated heterocycles. The van der Waals surface area contributed by atoms with Crippen molar-refractivity contribution in [3.8, 4) is 0 Å². The highest BCUT2D eigenvalue weighted by Gasteiger charge is 2.24. The normalized spacial score (nSPS) is 16.2. The SMILES string of the molecule is CN=C(NCCc1ccc(Cl)nc1)NCC(c1ccc(C)s1)N1CCOCC1.I. The number of ether oxygens (including phenoxy) is 1. The van der Waals surface area contributed by atoms with Crippen molar-refractivity contribution < 1.29 is 4.74 Å². The Balaban J connectivity index is 0.00000300. The number of aryl methyl sites for hydroxylation is 1. The number of halogens is 2. The minimum atomic E-state index is 0. The molecule has 2 aromatic rings. The number of morpholine rings is 1. The van der Waals surface area contributed by atoms with Crippen LogP contribution in [0.4, 0.5) is 0 Å². The molecular formula is C20H29ClIN5OS. The molecule has 0 aromatic carbocycles. The maximum atomic E-state index is 5.84. The van der Waals surface area contributed by atoms with E-state index in [0.717, 1.165) is 57.3 Å². The molecule has 29 heavy (non-hydrogen) atoms. The molecule has 3 heterocycles. The Morgan fingerprint density at radius 1 is 1.28 bits per heavy atom. The minimum absolute atomic E-state index is 0. The van der Waals surface area contributed by atoms with Gasteiger partial charge in [0, 0.05) is 49.2 Å². The van der Waals surface area contributed by atoms with E-state index in [-0.39, 0.29) is 24.0 Å². The first-order valence-corrected chi connectivity index (χ1v) is 10.8. The molecule has 1 aliphatic rings. The highest BCUT2D eigenvalue weighted by molar-refractivity contribution is 14.0. The molecule has 1 unspecified atom stereocenters. The Bertz CT molecular complexity index is 764. The van der Waals surface area contributed by atoms with Crippen LogP contribution in [0.1, 0.15) is 21.4 Å². The van der Waals surface area contributed by atoms with Gasteiger partial charge in [0.1, 0.15) is 5.15 Å². The van der Waals surface area contributed by atoms with E-state index < -0.39 is 0 Å². The van der Waals surface area contributed by atoms with Crippen LogP contribution >= 0.6 is 46.9 Å². The predicted molar refractivity (Wildman–Crippen MR) is 132 cm³/mol. The smallest absolute Gasteiger partial charge is 0.191 e. The number of nitrogens with zero attached hydrogens (tertiary/aromatic N) is 3. The molecular weight excluding hydrogens is 521 g/mol. The molecule has 0 radical (unpaired) electrons. The van der Waals surface area contributed by atoms with Crippen molar-refractivity contribution in [3.05, 3.63) is 50.9 Å². The molecule has 1 aliphatic heterocycles. The second-order valence-electron chi connectivity index (χ2n) is 6.73. The number of thiophene rings is 1. The summed E-state index contributed by atoms with van der Waals surface area (Å²) in [5.74, 6) is 0.813. The number of guanidine groups is 1. The van der Waals surface area contributed by atoms with Crippen molar-refractivity contribution in [1.82, 2.24) is 20.5 Å². The summed E-state index contributed by atoms with van der Waals surface area (Å²) in [4.78, 5) is 13.7. The quantitative estimate of drug-likeness (QED) is 0.240. The van der Waals surface area contributed by atoms with E-state index in [4.69, 9.17) is 16.3 Å². The molecule has 0 aliphatic carbocycles. The average Bonchev–Trinajstić information content (AvgIpc) is 3.15. The maximum absolute atomic E-state index is 5.84. The molecule has 1 atom stereocenters. The molecule has 0 bridgehead atoms. The van der Waals surface area contributed by atoms with Gasteiger partial charge in [0.05, 0.1) is 19.3 Å². The summed E-state index contributed by atoms with van der Waals surface area (Å²) >= 11 is 7.70. The molecule has 1 fully saturated rings. The third kappa shape index (κ3) is 7.67. The Morgan fingerprint density at radius 2 is 2.07 bits per heavy atom. The van der Waals surface area contributed by atoms with Crippen molar-refractivity contribution >= 4 is 52.9 Å². The lowest BCUT2D eigenvalue weighted by Gasteiger charge is -2.34. The number of hydrogen-bond donors (Lipinski definition) is 2. The van der Waals surface area contributed by atoms with Crippen molar-refractivity contribution in [2.24, 2.45) is 4.99 Å². The summed E-state index contributed by atoms with van der Waals surface area (Å²) in [7, 11) is 1.80. The minimum Gasteiger partial charge on any atom is -0.379 e. The van der Waals surface area contributed by atoms with Crippen LogP contribution in [0.15, 0.2) is 35.5 Å². The van der Waals surface area contributed by atoms with Gasteiger partial charge >= 0.3 is 0 Å². The van der Waals surface area contributed by atoms with Crippen LogP contribution in [0.5, 0.6) is 0 Å². The molecule has 160 valence electrons. The monoisotopic (exact) mass is 549 g/mol. The number of pyridine rings is 1. The number of hydrogen-bond acceptors (Lipinski definition) is 5. The second-order valence-corrected chi connectivity index (χ2v) is 8.44. The summed E-state index contributed by atoms with van der Waals surface area (Å²) in [6.45, 7) is 7.25. The Kier molecular flexibility index (Phi) is 10.6. The van der Waals surface area contributed by atoms with Gasteiger partial charge in [0.15, 0.2) is 5.96 Å². The summed E-state index contributed by atoms with van der Waals surface area (Å²) in [5, 5.41) is 7.40. The Labute approximate surface area is 199 Å². The van der Waals surface area contributed by atoms with Crippen LogP contribution in [0, 0.1) is 6.92 Å². The number of rotatable bonds is 7. The van der Waals surface area contributed by atoms with Gasteiger partial charge in [0.25, 0.3) is 0 Å². The summed E-state index contributed by atoms with van der Waals surface area (Å²) in [6, 6.07) is 8.58. The van der Waals surface area contributed by atoms with Gasteiger partial charge in [-0.05, 0) is 37.1 Å². The Morgan fingerprint density at radius 3 is 2.69 bits per heavy atom. The highest BCUT2D eigenvalue weighted by Crippen LogP contribution is 2.27. The lowest BCUT2D eigenvalue weighted by molar-refractivity contribution is 0.0177. The van der Waals surface area contributed by atoms with Gasteiger partial charge in [-0.1, -0.05) is 17.7 Å². The third-order valence-corrected chi connectivity index (χ3v) is 6.08. The maximum Gasteiger partial charge on any atom is 0.191 e. The molecule has 0 spiro atoms. The van der Waals surface area contributed by atoms with Crippen molar-refractivity contribution in [2.75, 3.05) is 46.4 Å². The van der Waals surface area contributed by atoms with E-state index in [9.17, 15) is 0 Å². The fourth-order valence-corrected chi connectivity index (χ4v) is 4.35. The summed E-state index contributed by atoms with van der Waals surface area (Å²) in [6.07, 6.45) is 2.68. The fraction of sp³-hybridized carbons (Fsp3) is 0.500. The third-order valence-electron chi connectivity index (χ3n) is 4.76. The summed E-state index contributed by atoms with van der Waals surface area (Å²) < 4.78 is 5.53. The average molecular weight is 550 g/mol. The zero-order valence-electron chi connectivity index (χ0n) is 16.9. The second kappa shape index (κ2) is 12.7. The van der Waals surface area contributed by atoms with Crippen LogP contribution in [-0.2, 0) is 11.2 Å². The van der Waals surface area contributed by atoms with E-state index in [1.807, 2.05) is 29.7 Å². The van der Waals surface area contributed by atoms with Gasteiger partial charge in [-0.2, -0.15) is 0 Å². The predicted octanol–water partition coefficient (Wildman–Crippen LogP) is 3.50. The zero-order chi connectivity index (χ0) is 19.8.